The van der Waals surface area contributed by atoms with E-state index in [1.54, 1.807) is 24.4 Å². The molecule has 9 heteroatoms. The summed E-state index contributed by atoms with van der Waals surface area (Å²) in [6.07, 6.45) is 1.34. The molecule has 4 rings (SSSR count). The summed E-state index contributed by atoms with van der Waals surface area (Å²) >= 11 is 1.52. The molecular weight excluding hydrogens is 422 g/mol. The van der Waals surface area contributed by atoms with Gasteiger partial charge in [0, 0.05) is 43.7 Å². The predicted octanol–water partition coefficient (Wildman–Crippen LogP) is 3.33. The summed E-state index contributed by atoms with van der Waals surface area (Å²) in [7, 11) is -3.42. The summed E-state index contributed by atoms with van der Waals surface area (Å²) in [5.74, 6) is 0. The Hall–Kier alpha value is -2.59. The van der Waals surface area contributed by atoms with E-state index >= 15 is 0 Å². The lowest BCUT2D eigenvalue weighted by Gasteiger charge is -2.10. The van der Waals surface area contributed by atoms with Crippen LogP contribution in [-0.2, 0) is 16.6 Å². The minimum Gasteiger partial charge on any atom is -0.367 e. The number of aliphatic hydroxyl groups is 2. The molecule has 3 N–H and O–H groups in total. The molecule has 0 aliphatic rings. The molecule has 2 aromatic carbocycles. The van der Waals surface area contributed by atoms with Crippen molar-refractivity contribution in [3.05, 3.63) is 60.4 Å². The van der Waals surface area contributed by atoms with Crippen LogP contribution in [0.5, 0.6) is 0 Å². The van der Waals surface area contributed by atoms with E-state index in [1.165, 1.54) is 11.8 Å². The van der Waals surface area contributed by atoms with Crippen LogP contribution in [0.15, 0.2) is 64.5 Å². The standard InChI is InChI=1S/C21H21N3O4S2/c1-13-21(29-18-7-3-5-14-6-4-10-22-20(14)18)16-11-15(23-30(2,27)28)8-9-17(16)24(13)12-19(25)26/h3-11,19,23,25-26H,12H2,1-2H3. The SMILES string of the molecule is Cc1c(Sc2cccc3cccnc23)c2cc(NS(C)(=O)=O)ccc2n1CC(O)O. The summed E-state index contributed by atoms with van der Waals surface area (Å²) < 4.78 is 27.7. The average molecular weight is 444 g/mol. The van der Waals surface area contributed by atoms with Gasteiger partial charge in [0.25, 0.3) is 0 Å². The molecule has 2 heterocycles. The molecule has 0 saturated heterocycles. The van der Waals surface area contributed by atoms with Crippen LogP contribution < -0.4 is 4.72 Å². The second-order valence-electron chi connectivity index (χ2n) is 7.05. The lowest BCUT2D eigenvalue weighted by Crippen LogP contribution is -2.15. The topological polar surface area (TPSA) is 104 Å². The summed E-state index contributed by atoms with van der Waals surface area (Å²) in [5.41, 5.74) is 2.96. The van der Waals surface area contributed by atoms with Crippen LogP contribution in [0.25, 0.3) is 21.8 Å². The van der Waals surface area contributed by atoms with Crippen molar-refractivity contribution in [2.24, 2.45) is 0 Å². The number of nitrogens with one attached hydrogen (secondary N) is 1. The molecule has 0 atom stereocenters. The molecule has 0 amide bonds. The van der Waals surface area contributed by atoms with E-state index in [0.29, 0.717) is 5.69 Å². The number of pyridine rings is 1. The van der Waals surface area contributed by atoms with E-state index in [4.69, 9.17) is 0 Å². The maximum absolute atomic E-state index is 11.7. The third-order valence-electron chi connectivity index (χ3n) is 4.72. The molecule has 156 valence electrons. The summed E-state index contributed by atoms with van der Waals surface area (Å²) in [5, 5.41) is 21.0. The minimum absolute atomic E-state index is 0.00946. The summed E-state index contributed by atoms with van der Waals surface area (Å²) in [4.78, 5) is 6.37. The van der Waals surface area contributed by atoms with Crippen molar-refractivity contribution >= 4 is 49.3 Å². The van der Waals surface area contributed by atoms with Crippen LogP contribution >= 0.6 is 11.8 Å². The zero-order chi connectivity index (χ0) is 21.5. The van der Waals surface area contributed by atoms with Gasteiger partial charge in [0.1, 0.15) is 0 Å². The highest BCUT2D eigenvalue weighted by Gasteiger charge is 2.19. The molecule has 0 unspecified atom stereocenters. The highest BCUT2D eigenvalue weighted by Crippen LogP contribution is 2.41. The lowest BCUT2D eigenvalue weighted by molar-refractivity contribution is -0.0508. The van der Waals surface area contributed by atoms with Crippen molar-refractivity contribution in [3.8, 4) is 0 Å². The van der Waals surface area contributed by atoms with Crippen molar-refractivity contribution in [2.45, 2.75) is 29.5 Å². The molecule has 0 bridgehead atoms. The largest absolute Gasteiger partial charge is 0.367 e. The maximum atomic E-state index is 11.7. The van der Waals surface area contributed by atoms with E-state index in [1.807, 2.05) is 41.8 Å². The Morgan fingerprint density at radius 1 is 1.17 bits per heavy atom. The van der Waals surface area contributed by atoms with Gasteiger partial charge in [-0.15, -0.1) is 0 Å². The van der Waals surface area contributed by atoms with Gasteiger partial charge in [-0.05, 0) is 37.3 Å². The second-order valence-corrected chi connectivity index (χ2v) is 9.85. The third-order valence-corrected chi connectivity index (χ3v) is 6.60. The Balaban J connectivity index is 1.90. The number of hydrogen-bond donors (Lipinski definition) is 3. The van der Waals surface area contributed by atoms with E-state index < -0.39 is 16.3 Å². The molecule has 0 spiro atoms. The molecule has 30 heavy (non-hydrogen) atoms. The average Bonchev–Trinajstić information content (AvgIpc) is 2.92. The van der Waals surface area contributed by atoms with E-state index in [9.17, 15) is 18.6 Å². The number of rotatable bonds is 6. The van der Waals surface area contributed by atoms with Crippen LogP contribution in [0.3, 0.4) is 0 Å². The van der Waals surface area contributed by atoms with Gasteiger partial charge >= 0.3 is 0 Å². The highest BCUT2D eigenvalue weighted by atomic mass is 32.2. The number of anilines is 1. The molecule has 0 aliphatic heterocycles. The zero-order valence-corrected chi connectivity index (χ0v) is 18.0. The smallest absolute Gasteiger partial charge is 0.229 e. The number of aliphatic hydroxyl groups excluding tert-OH is 1. The van der Waals surface area contributed by atoms with Gasteiger partial charge in [0.05, 0.1) is 18.3 Å². The molecule has 4 aromatic rings. The van der Waals surface area contributed by atoms with Crippen molar-refractivity contribution < 1.29 is 18.6 Å². The Bertz CT molecular complexity index is 1340. The van der Waals surface area contributed by atoms with Crippen LogP contribution in [0, 0.1) is 6.92 Å². The Morgan fingerprint density at radius 2 is 1.93 bits per heavy atom. The predicted molar refractivity (Wildman–Crippen MR) is 119 cm³/mol. The van der Waals surface area contributed by atoms with Crippen LogP contribution in [0.4, 0.5) is 5.69 Å². The van der Waals surface area contributed by atoms with Crippen LogP contribution in [-0.4, -0.2) is 40.7 Å². The van der Waals surface area contributed by atoms with Gasteiger partial charge in [-0.1, -0.05) is 30.0 Å². The summed E-state index contributed by atoms with van der Waals surface area (Å²) in [6, 6.07) is 15.1. The first-order valence-corrected chi connectivity index (χ1v) is 11.9. The number of fused-ring (bicyclic) bond motifs is 2. The normalized spacial score (nSPS) is 12.2. The lowest BCUT2D eigenvalue weighted by atomic mass is 10.2. The summed E-state index contributed by atoms with van der Waals surface area (Å²) in [6.45, 7) is 1.92. The first-order chi connectivity index (χ1) is 14.2. The molecule has 2 aromatic heterocycles. The molecule has 0 aliphatic carbocycles. The maximum Gasteiger partial charge on any atom is 0.229 e. The first kappa shape index (κ1) is 20.7. The second kappa shape index (κ2) is 7.92. The fourth-order valence-corrected chi connectivity index (χ4v) is 5.25. The van der Waals surface area contributed by atoms with Gasteiger partial charge in [0.2, 0.25) is 10.0 Å². The molecular formula is C21H21N3O4S2. The van der Waals surface area contributed by atoms with Crippen LogP contribution in [0.2, 0.25) is 0 Å². The third kappa shape index (κ3) is 4.15. The minimum atomic E-state index is -3.42. The van der Waals surface area contributed by atoms with Crippen molar-refractivity contribution in [3.63, 3.8) is 0 Å². The first-order valence-electron chi connectivity index (χ1n) is 9.21. The number of benzene rings is 2. The van der Waals surface area contributed by atoms with E-state index in [-0.39, 0.29) is 6.54 Å². The van der Waals surface area contributed by atoms with Gasteiger partial charge in [-0.25, -0.2) is 8.42 Å². The van der Waals surface area contributed by atoms with E-state index in [0.717, 1.165) is 43.5 Å². The van der Waals surface area contributed by atoms with Gasteiger partial charge in [-0.3, -0.25) is 9.71 Å². The quantitative estimate of drug-likeness (QED) is 0.395. The van der Waals surface area contributed by atoms with Gasteiger partial charge in [-0.2, -0.15) is 0 Å². The Kier molecular flexibility index (Phi) is 5.46. The molecule has 7 nitrogen and oxygen atoms in total. The zero-order valence-electron chi connectivity index (χ0n) is 16.4. The molecule has 0 radical (unpaired) electrons. The van der Waals surface area contributed by atoms with Crippen molar-refractivity contribution in [1.29, 1.82) is 0 Å². The highest BCUT2D eigenvalue weighted by molar-refractivity contribution is 7.99. The monoisotopic (exact) mass is 443 g/mol. The Morgan fingerprint density at radius 3 is 2.67 bits per heavy atom. The Labute approximate surface area is 178 Å². The van der Waals surface area contributed by atoms with Crippen molar-refractivity contribution in [1.82, 2.24) is 9.55 Å². The number of para-hydroxylation sites is 1. The molecule has 0 saturated carbocycles. The van der Waals surface area contributed by atoms with Gasteiger partial charge in [0.15, 0.2) is 6.29 Å². The number of aromatic nitrogens is 2. The van der Waals surface area contributed by atoms with Gasteiger partial charge < -0.3 is 14.8 Å². The van der Waals surface area contributed by atoms with Crippen LogP contribution in [0.1, 0.15) is 5.69 Å². The van der Waals surface area contributed by atoms with Crippen molar-refractivity contribution in [2.75, 3.05) is 11.0 Å². The van der Waals surface area contributed by atoms with E-state index in [2.05, 4.69) is 9.71 Å². The number of hydrogen-bond acceptors (Lipinski definition) is 6. The number of nitrogens with zero attached hydrogens (tertiary/aromatic N) is 2. The molecule has 0 fully saturated rings. The fourth-order valence-electron chi connectivity index (χ4n) is 3.52. The number of sulfonamides is 1. The fraction of sp³-hybridized carbons (Fsp3) is 0.190.